The van der Waals surface area contributed by atoms with Crippen LogP contribution in [0.15, 0.2) is 23.1 Å². The number of nitro benzene ring substituents is 1. The Morgan fingerprint density at radius 1 is 1.44 bits per heavy atom. The maximum atomic E-state index is 11.3. The summed E-state index contributed by atoms with van der Waals surface area (Å²) in [6, 6.07) is 3.76. The van der Waals surface area contributed by atoms with E-state index in [4.69, 9.17) is 4.74 Å². The predicted octanol–water partition coefficient (Wildman–Crippen LogP) is 1.06. The average molecular weight is 274 g/mol. The Morgan fingerprint density at radius 2 is 2.11 bits per heavy atom. The SMILES string of the molecule is COCCNc1ccc(S(C)(=O)=O)cc1[N+](=O)[O-]. The van der Waals surface area contributed by atoms with Crippen molar-refractivity contribution in [1.82, 2.24) is 0 Å². The first-order valence-electron chi connectivity index (χ1n) is 5.07. The van der Waals surface area contributed by atoms with E-state index in [-0.39, 0.29) is 16.3 Å². The van der Waals surface area contributed by atoms with Gasteiger partial charge in [0, 0.05) is 26.0 Å². The molecule has 0 fully saturated rings. The van der Waals surface area contributed by atoms with Gasteiger partial charge < -0.3 is 10.1 Å². The van der Waals surface area contributed by atoms with Gasteiger partial charge in [0.2, 0.25) is 0 Å². The van der Waals surface area contributed by atoms with Crippen LogP contribution in [0.5, 0.6) is 0 Å². The van der Waals surface area contributed by atoms with Crippen molar-refractivity contribution < 1.29 is 18.1 Å². The summed E-state index contributed by atoms with van der Waals surface area (Å²) < 4.78 is 27.4. The van der Waals surface area contributed by atoms with E-state index in [0.29, 0.717) is 13.2 Å². The summed E-state index contributed by atoms with van der Waals surface area (Å²) in [6.45, 7) is 0.792. The maximum absolute atomic E-state index is 11.3. The smallest absolute Gasteiger partial charge is 0.293 e. The minimum absolute atomic E-state index is 0.0773. The second kappa shape index (κ2) is 5.78. The third kappa shape index (κ3) is 3.67. The van der Waals surface area contributed by atoms with Crippen LogP contribution in [0.3, 0.4) is 0 Å². The zero-order chi connectivity index (χ0) is 13.8. The summed E-state index contributed by atoms with van der Waals surface area (Å²) in [4.78, 5) is 10.2. The topological polar surface area (TPSA) is 98.5 Å². The highest BCUT2D eigenvalue weighted by Crippen LogP contribution is 2.27. The average Bonchev–Trinajstić information content (AvgIpc) is 2.28. The third-order valence-electron chi connectivity index (χ3n) is 2.22. The summed E-state index contributed by atoms with van der Waals surface area (Å²) in [5, 5.41) is 13.7. The van der Waals surface area contributed by atoms with Crippen LogP contribution in [0.4, 0.5) is 11.4 Å². The van der Waals surface area contributed by atoms with Gasteiger partial charge in [0.1, 0.15) is 5.69 Å². The maximum Gasteiger partial charge on any atom is 0.293 e. The minimum atomic E-state index is -3.46. The molecule has 1 aromatic carbocycles. The molecule has 0 aromatic heterocycles. The fourth-order valence-electron chi connectivity index (χ4n) is 1.33. The van der Waals surface area contributed by atoms with Crippen molar-refractivity contribution in [2.75, 3.05) is 31.8 Å². The van der Waals surface area contributed by atoms with Crippen molar-refractivity contribution in [3.8, 4) is 0 Å². The van der Waals surface area contributed by atoms with Crippen LogP contribution in [0, 0.1) is 10.1 Å². The van der Waals surface area contributed by atoms with Gasteiger partial charge in [-0.05, 0) is 12.1 Å². The van der Waals surface area contributed by atoms with E-state index in [1.165, 1.54) is 19.2 Å². The monoisotopic (exact) mass is 274 g/mol. The highest BCUT2D eigenvalue weighted by atomic mass is 32.2. The fourth-order valence-corrected chi connectivity index (χ4v) is 1.97. The molecule has 8 heteroatoms. The van der Waals surface area contributed by atoms with E-state index < -0.39 is 14.8 Å². The number of hydrogen-bond donors (Lipinski definition) is 1. The number of nitrogens with one attached hydrogen (secondary N) is 1. The Kier molecular flexibility index (Phi) is 4.62. The van der Waals surface area contributed by atoms with Gasteiger partial charge in [-0.1, -0.05) is 0 Å². The van der Waals surface area contributed by atoms with E-state index in [2.05, 4.69) is 5.32 Å². The molecular formula is C10H14N2O5S. The van der Waals surface area contributed by atoms with E-state index in [9.17, 15) is 18.5 Å². The van der Waals surface area contributed by atoms with Crippen LogP contribution in [0.25, 0.3) is 0 Å². The first kappa shape index (κ1) is 14.4. The summed E-state index contributed by atoms with van der Waals surface area (Å²) in [5.41, 5.74) is -0.00141. The molecule has 0 aliphatic heterocycles. The van der Waals surface area contributed by atoms with Gasteiger partial charge in [-0.3, -0.25) is 10.1 Å². The Hall–Kier alpha value is -1.67. The predicted molar refractivity (Wildman–Crippen MR) is 66.6 cm³/mol. The van der Waals surface area contributed by atoms with Gasteiger partial charge in [-0.2, -0.15) is 0 Å². The second-order valence-corrected chi connectivity index (χ2v) is 5.64. The molecule has 0 aliphatic rings. The van der Waals surface area contributed by atoms with Crippen molar-refractivity contribution in [3.63, 3.8) is 0 Å². The summed E-state index contributed by atoms with van der Waals surface area (Å²) in [5.74, 6) is 0. The molecule has 18 heavy (non-hydrogen) atoms. The third-order valence-corrected chi connectivity index (χ3v) is 3.33. The first-order chi connectivity index (χ1) is 8.36. The number of rotatable bonds is 6. The standard InChI is InChI=1S/C10H14N2O5S/c1-17-6-5-11-9-4-3-8(18(2,15)16)7-10(9)12(13)14/h3-4,7,11H,5-6H2,1-2H3. The molecule has 0 amide bonds. The lowest BCUT2D eigenvalue weighted by Crippen LogP contribution is -2.09. The second-order valence-electron chi connectivity index (χ2n) is 3.63. The number of ether oxygens (including phenoxy) is 1. The summed E-state index contributed by atoms with van der Waals surface area (Å²) in [6.07, 6.45) is 1.00. The number of sulfone groups is 1. The molecule has 0 bridgehead atoms. The lowest BCUT2D eigenvalue weighted by atomic mass is 10.2. The Labute approximate surface area is 105 Å². The van der Waals surface area contributed by atoms with Crippen LogP contribution in [-0.4, -0.2) is 39.9 Å². The van der Waals surface area contributed by atoms with Crippen LogP contribution in [-0.2, 0) is 14.6 Å². The summed E-state index contributed by atoms with van der Waals surface area (Å²) >= 11 is 0. The zero-order valence-corrected chi connectivity index (χ0v) is 10.9. The van der Waals surface area contributed by atoms with Crippen molar-refractivity contribution >= 4 is 21.2 Å². The van der Waals surface area contributed by atoms with Crippen LogP contribution >= 0.6 is 0 Å². The lowest BCUT2D eigenvalue weighted by Gasteiger charge is -2.07. The van der Waals surface area contributed by atoms with Gasteiger partial charge in [-0.15, -0.1) is 0 Å². The normalized spacial score (nSPS) is 11.2. The molecule has 0 heterocycles. The molecule has 1 rings (SSSR count). The van der Waals surface area contributed by atoms with E-state index in [0.717, 1.165) is 12.3 Å². The van der Waals surface area contributed by atoms with Gasteiger partial charge in [0.25, 0.3) is 5.69 Å². The molecule has 0 radical (unpaired) electrons. The van der Waals surface area contributed by atoms with Crippen molar-refractivity contribution in [3.05, 3.63) is 28.3 Å². The molecule has 0 aliphatic carbocycles. The number of hydrogen-bond acceptors (Lipinski definition) is 6. The largest absolute Gasteiger partial charge is 0.383 e. The van der Waals surface area contributed by atoms with Gasteiger partial charge in [-0.25, -0.2) is 8.42 Å². The lowest BCUT2D eigenvalue weighted by molar-refractivity contribution is -0.384. The molecule has 0 saturated heterocycles. The molecule has 7 nitrogen and oxygen atoms in total. The Balaban J connectivity index is 3.09. The van der Waals surface area contributed by atoms with Crippen LogP contribution in [0.1, 0.15) is 0 Å². The molecule has 0 unspecified atom stereocenters. The number of nitro groups is 1. The van der Waals surface area contributed by atoms with Gasteiger partial charge in [0.05, 0.1) is 16.4 Å². The molecule has 100 valence electrons. The molecule has 1 N–H and O–H groups in total. The molecular weight excluding hydrogens is 260 g/mol. The van der Waals surface area contributed by atoms with Crippen molar-refractivity contribution in [1.29, 1.82) is 0 Å². The van der Waals surface area contributed by atoms with E-state index >= 15 is 0 Å². The Morgan fingerprint density at radius 3 is 2.61 bits per heavy atom. The number of anilines is 1. The van der Waals surface area contributed by atoms with E-state index in [1.807, 2.05) is 0 Å². The number of benzene rings is 1. The first-order valence-corrected chi connectivity index (χ1v) is 6.96. The Bertz CT molecular complexity index is 541. The zero-order valence-electron chi connectivity index (χ0n) is 10.0. The van der Waals surface area contributed by atoms with Crippen LogP contribution in [0.2, 0.25) is 0 Å². The minimum Gasteiger partial charge on any atom is -0.383 e. The highest BCUT2D eigenvalue weighted by Gasteiger charge is 2.18. The molecule has 0 atom stereocenters. The molecule has 1 aromatic rings. The van der Waals surface area contributed by atoms with E-state index in [1.54, 1.807) is 0 Å². The van der Waals surface area contributed by atoms with Crippen LogP contribution < -0.4 is 5.32 Å². The fraction of sp³-hybridized carbons (Fsp3) is 0.400. The van der Waals surface area contributed by atoms with Crippen molar-refractivity contribution in [2.24, 2.45) is 0 Å². The van der Waals surface area contributed by atoms with Gasteiger partial charge >= 0.3 is 0 Å². The quantitative estimate of drug-likeness (QED) is 0.473. The number of methoxy groups -OCH3 is 1. The summed E-state index contributed by atoms with van der Waals surface area (Å²) in [7, 11) is -1.94. The van der Waals surface area contributed by atoms with Gasteiger partial charge in [0.15, 0.2) is 9.84 Å². The molecule has 0 saturated carbocycles. The van der Waals surface area contributed by atoms with Crippen molar-refractivity contribution in [2.45, 2.75) is 4.90 Å². The molecule has 0 spiro atoms. The number of nitrogens with zero attached hydrogens (tertiary/aromatic N) is 1. The highest BCUT2D eigenvalue weighted by molar-refractivity contribution is 7.90.